The summed E-state index contributed by atoms with van der Waals surface area (Å²) in [4.78, 5) is 1.75. The SMILES string of the molecule is [B]N1CC=CC1. The van der Waals surface area contributed by atoms with Gasteiger partial charge in [-0.05, 0) is 0 Å². The van der Waals surface area contributed by atoms with E-state index in [4.69, 9.17) is 7.98 Å². The van der Waals surface area contributed by atoms with Crippen molar-refractivity contribution in [1.82, 2.24) is 4.81 Å². The highest BCUT2D eigenvalue weighted by Crippen LogP contribution is 1.90. The van der Waals surface area contributed by atoms with E-state index in [1.807, 2.05) is 0 Å². The third kappa shape index (κ3) is 0.629. The van der Waals surface area contributed by atoms with Crippen molar-refractivity contribution >= 4 is 7.98 Å². The molecule has 0 N–H and O–H groups in total. The fourth-order valence-corrected chi connectivity index (χ4v) is 0.494. The average Bonchev–Trinajstić information content (AvgIpc) is 1.86. The highest BCUT2D eigenvalue weighted by atomic mass is 15.0. The molecule has 0 saturated carbocycles. The molecule has 2 radical (unpaired) electrons. The molecule has 0 aliphatic carbocycles. The predicted octanol–water partition coefficient (Wildman–Crippen LogP) is -0.0583. The van der Waals surface area contributed by atoms with Crippen LogP contribution in [0, 0.1) is 0 Å². The minimum Gasteiger partial charge on any atom is -0.347 e. The van der Waals surface area contributed by atoms with Crippen molar-refractivity contribution in [3.63, 3.8) is 0 Å². The average molecular weight is 78.9 g/mol. The molecule has 0 amide bonds. The Morgan fingerprint density at radius 2 is 1.83 bits per heavy atom. The Morgan fingerprint density at radius 1 is 1.33 bits per heavy atom. The van der Waals surface area contributed by atoms with Crippen molar-refractivity contribution in [2.45, 2.75) is 0 Å². The topological polar surface area (TPSA) is 3.24 Å². The summed E-state index contributed by atoms with van der Waals surface area (Å²) in [6, 6.07) is 0. The van der Waals surface area contributed by atoms with Crippen LogP contribution in [0.5, 0.6) is 0 Å². The van der Waals surface area contributed by atoms with Gasteiger partial charge in [0.1, 0.15) is 0 Å². The van der Waals surface area contributed by atoms with Gasteiger partial charge in [-0.15, -0.1) is 0 Å². The molecule has 0 spiro atoms. The molecule has 6 heavy (non-hydrogen) atoms. The van der Waals surface area contributed by atoms with Gasteiger partial charge in [0.15, 0.2) is 7.98 Å². The fraction of sp³-hybridized carbons (Fsp3) is 0.500. The van der Waals surface area contributed by atoms with Crippen LogP contribution < -0.4 is 0 Å². The molecule has 2 heteroatoms. The lowest BCUT2D eigenvalue weighted by atomic mass is 10.3. The summed E-state index contributed by atoms with van der Waals surface area (Å²) < 4.78 is 0. The van der Waals surface area contributed by atoms with Crippen LogP contribution in [-0.4, -0.2) is 25.9 Å². The monoisotopic (exact) mass is 79.1 g/mol. The lowest BCUT2D eigenvalue weighted by Gasteiger charge is -2.02. The maximum atomic E-state index is 5.31. The zero-order valence-corrected chi connectivity index (χ0v) is 3.59. The normalized spacial score (nSPS) is 22.7. The molecule has 0 bridgehead atoms. The Kier molecular flexibility index (Phi) is 0.969. The summed E-state index contributed by atoms with van der Waals surface area (Å²) in [5.74, 6) is 0. The van der Waals surface area contributed by atoms with E-state index in [-0.39, 0.29) is 0 Å². The molecule has 1 nitrogen and oxygen atoms in total. The van der Waals surface area contributed by atoms with E-state index in [0.29, 0.717) is 0 Å². The largest absolute Gasteiger partial charge is 0.347 e. The van der Waals surface area contributed by atoms with Crippen molar-refractivity contribution in [2.24, 2.45) is 0 Å². The lowest BCUT2D eigenvalue weighted by molar-refractivity contribution is 0.588. The van der Waals surface area contributed by atoms with Gasteiger partial charge in [0.25, 0.3) is 0 Å². The second-order valence-electron chi connectivity index (χ2n) is 1.43. The Balaban J connectivity index is 2.32. The Bertz CT molecular complexity index is 61.9. The molecular weight excluding hydrogens is 72.9 g/mol. The van der Waals surface area contributed by atoms with Crippen LogP contribution in [-0.2, 0) is 0 Å². The van der Waals surface area contributed by atoms with Gasteiger partial charge in [-0.25, -0.2) is 0 Å². The van der Waals surface area contributed by atoms with Crippen LogP contribution in [0.25, 0.3) is 0 Å². The summed E-state index contributed by atoms with van der Waals surface area (Å²) in [6.45, 7) is 1.83. The van der Waals surface area contributed by atoms with Gasteiger partial charge in [0.2, 0.25) is 0 Å². The third-order valence-electron chi connectivity index (χ3n) is 0.847. The summed E-state index contributed by atoms with van der Waals surface area (Å²) >= 11 is 0. The lowest BCUT2D eigenvalue weighted by Crippen LogP contribution is -2.14. The fourth-order valence-electron chi connectivity index (χ4n) is 0.494. The van der Waals surface area contributed by atoms with E-state index in [0.717, 1.165) is 13.1 Å². The summed E-state index contributed by atoms with van der Waals surface area (Å²) in [6.07, 6.45) is 4.11. The molecule has 0 unspecified atom stereocenters. The molecule has 1 aliphatic heterocycles. The van der Waals surface area contributed by atoms with E-state index in [1.165, 1.54) is 0 Å². The zero-order valence-electron chi connectivity index (χ0n) is 3.59. The van der Waals surface area contributed by atoms with Crippen molar-refractivity contribution < 1.29 is 0 Å². The molecule has 0 atom stereocenters. The first-order valence-electron chi connectivity index (χ1n) is 2.04. The second kappa shape index (κ2) is 1.48. The van der Waals surface area contributed by atoms with Gasteiger partial charge < -0.3 is 4.81 Å². The minimum atomic E-state index is 0.917. The van der Waals surface area contributed by atoms with Crippen LogP contribution >= 0.6 is 0 Å². The van der Waals surface area contributed by atoms with Crippen LogP contribution in [0.1, 0.15) is 0 Å². The Labute approximate surface area is 39.1 Å². The van der Waals surface area contributed by atoms with E-state index < -0.39 is 0 Å². The van der Waals surface area contributed by atoms with Crippen molar-refractivity contribution in [3.8, 4) is 0 Å². The number of hydrogen-bond acceptors (Lipinski definition) is 1. The molecule has 30 valence electrons. The molecule has 0 aromatic heterocycles. The molecule has 1 rings (SSSR count). The first kappa shape index (κ1) is 3.94. The van der Waals surface area contributed by atoms with Crippen molar-refractivity contribution in [2.75, 3.05) is 13.1 Å². The van der Waals surface area contributed by atoms with E-state index >= 15 is 0 Å². The molecule has 0 aromatic carbocycles. The standard InChI is InChI=1S/C4H6BN/c5-6-3-1-2-4-6/h1-2H,3-4H2. The molecular formula is C4H6BN. The summed E-state index contributed by atoms with van der Waals surface area (Å²) in [7, 11) is 5.31. The molecule has 0 fully saturated rings. The molecule has 0 aromatic rings. The number of rotatable bonds is 0. The second-order valence-corrected chi connectivity index (χ2v) is 1.43. The number of hydrogen-bond donors (Lipinski definition) is 0. The summed E-state index contributed by atoms with van der Waals surface area (Å²) in [5.41, 5.74) is 0. The predicted molar refractivity (Wildman–Crippen MR) is 26.5 cm³/mol. The van der Waals surface area contributed by atoms with Crippen LogP contribution in [0.4, 0.5) is 0 Å². The first-order chi connectivity index (χ1) is 2.89. The van der Waals surface area contributed by atoms with E-state index in [1.54, 1.807) is 4.81 Å². The molecule has 0 saturated heterocycles. The van der Waals surface area contributed by atoms with E-state index in [2.05, 4.69) is 12.2 Å². The van der Waals surface area contributed by atoms with Gasteiger partial charge >= 0.3 is 0 Å². The van der Waals surface area contributed by atoms with Gasteiger partial charge in [-0.3, -0.25) is 0 Å². The zero-order chi connectivity index (χ0) is 4.41. The quantitative estimate of drug-likeness (QED) is 0.290. The maximum absolute atomic E-state index is 5.31. The van der Waals surface area contributed by atoms with Crippen LogP contribution in [0.15, 0.2) is 12.2 Å². The third-order valence-corrected chi connectivity index (χ3v) is 0.847. The highest BCUT2D eigenvalue weighted by Gasteiger charge is 1.94. The molecule has 1 aliphatic rings. The summed E-state index contributed by atoms with van der Waals surface area (Å²) in [5, 5.41) is 0. The van der Waals surface area contributed by atoms with E-state index in [9.17, 15) is 0 Å². The van der Waals surface area contributed by atoms with Crippen LogP contribution in [0.3, 0.4) is 0 Å². The van der Waals surface area contributed by atoms with Gasteiger partial charge in [0, 0.05) is 13.1 Å². The van der Waals surface area contributed by atoms with Gasteiger partial charge in [-0.2, -0.15) is 0 Å². The van der Waals surface area contributed by atoms with Gasteiger partial charge in [0.05, 0.1) is 0 Å². The highest BCUT2D eigenvalue weighted by molar-refractivity contribution is 6.04. The Hall–Kier alpha value is -0.235. The van der Waals surface area contributed by atoms with Crippen molar-refractivity contribution in [3.05, 3.63) is 12.2 Å². The van der Waals surface area contributed by atoms with Crippen molar-refractivity contribution in [1.29, 1.82) is 0 Å². The van der Waals surface area contributed by atoms with Gasteiger partial charge in [-0.1, -0.05) is 12.2 Å². The minimum absolute atomic E-state index is 0.917. The number of nitrogens with zero attached hydrogens (tertiary/aromatic N) is 1. The maximum Gasteiger partial charge on any atom is 0.183 e. The Morgan fingerprint density at radius 3 is 2.00 bits per heavy atom. The van der Waals surface area contributed by atoms with Crippen LogP contribution in [0.2, 0.25) is 0 Å². The smallest absolute Gasteiger partial charge is 0.183 e. The first-order valence-corrected chi connectivity index (χ1v) is 2.04. The molecule has 1 heterocycles.